The Morgan fingerprint density at radius 1 is 1.33 bits per heavy atom. The molecule has 1 amide bonds. The molecule has 0 aliphatic rings. The molecule has 0 bridgehead atoms. The van der Waals surface area contributed by atoms with Crippen LogP contribution in [0.4, 0.5) is 0 Å². The van der Waals surface area contributed by atoms with E-state index < -0.39 is 0 Å². The molecule has 1 aromatic carbocycles. The Kier molecular flexibility index (Phi) is 3.53. The lowest BCUT2D eigenvalue weighted by molar-refractivity contribution is -0.121. The van der Waals surface area contributed by atoms with E-state index in [-0.39, 0.29) is 18.0 Å². The Labute approximate surface area is 124 Å². The third kappa shape index (κ3) is 2.57. The van der Waals surface area contributed by atoms with Crippen LogP contribution in [-0.4, -0.2) is 22.5 Å². The minimum absolute atomic E-state index is 0.0170. The van der Waals surface area contributed by atoms with Gasteiger partial charge in [-0.15, -0.1) is 11.3 Å². The normalized spacial score (nSPS) is 10.7. The highest BCUT2D eigenvalue weighted by Crippen LogP contribution is 2.30. The largest absolute Gasteiger partial charge is 0.358 e. The SMILES string of the molecule is CNC(=O)Cn1cnc2cc(-c3ccccc3)sc2c1=O. The summed E-state index contributed by atoms with van der Waals surface area (Å²) in [5, 5.41) is 2.50. The number of carbonyl (C=O) groups excluding carboxylic acids is 1. The van der Waals surface area contributed by atoms with Gasteiger partial charge in [-0.1, -0.05) is 30.3 Å². The number of fused-ring (bicyclic) bond motifs is 1. The molecule has 1 N–H and O–H groups in total. The molecule has 0 aliphatic heterocycles. The minimum Gasteiger partial charge on any atom is -0.358 e. The van der Waals surface area contributed by atoms with Crippen molar-refractivity contribution in [2.24, 2.45) is 0 Å². The molecule has 0 radical (unpaired) electrons. The van der Waals surface area contributed by atoms with Crippen molar-refractivity contribution in [1.29, 1.82) is 0 Å². The summed E-state index contributed by atoms with van der Waals surface area (Å²) in [6.45, 7) is -0.0170. The fraction of sp³-hybridized carbons (Fsp3) is 0.133. The van der Waals surface area contributed by atoms with Gasteiger partial charge in [0.25, 0.3) is 5.56 Å². The van der Waals surface area contributed by atoms with E-state index in [2.05, 4.69) is 10.3 Å². The van der Waals surface area contributed by atoms with Gasteiger partial charge < -0.3 is 5.32 Å². The van der Waals surface area contributed by atoms with E-state index in [0.29, 0.717) is 10.2 Å². The second-order valence-corrected chi connectivity index (χ2v) is 5.59. The summed E-state index contributed by atoms with van der Waals surface area (Å²) in [6, 6.07) is 11.8. The molecule has 0 unspecified atom stereocenters. The predicted molar refractivity (Wildman–Crippen MR) is 83.4 cm³/mol. The lowest BCUT2D eigenvalue weighted by Crippen LogP contribution is -2.29. The second-order valence-electron chi connectivity index (χ2n) is 4.54. The molecule has 0 spiro atoms. The molecular weight excluding hydrogens is 286 g/mol. The number of rotatable bonds is 3. The van der Waals surface area contributed by atoms with Crippen LogP contribution in [0, 0.1) is 0 Å². The number of amides is 1. The Balaban J connectivity index is 2.08. The number of thiophene rings is 1. The van der Waals surface area contributed by atoms with Crippen LogP contribution in [0.3, 0.4) is 0 Å². The summed E-state index contributed by atoms with van der Waals surface area (Å²) in [5.41, 5.74) is 1.53. The maximum absolute atomic E-state index is 12.4. The molecule has 0 saturated heterocycles. The number of hydrogen-bond acceptors (Lipinski definition) is 4. The quantitative estimate of drug-likeness (QED) is 0.803. The third-order valence-corrected chi connectivity index (χ3v) is 4.32. The third-order valence-electron chi connectivity index (χ3n) is 3.15. The van der Waals surface area contributed by atoms with Gasteiger partial charge in [0, 0.05) is 11.9 Å². The highest BCUT2D eigenvalue weighted by Gasteiger charge is 2.11. The topological polar surface area (TPSA) is 64.0 Å². The first-order chi connectivity index (χ1) is 10.2. The molecule has 3 rings (SSSR count). The molecule has 0 saturated carbocycles. The summed E-state index contributed by atoms with van der Waals surface area (Å²) in [6.07, 6.45) is 1.42. The van der Waals surface area contributed by atoms with Gasteiger partial charge in [0.15, 0.2) is 0 Å². The molecule has 106 valence electrons. The average Bonchev–Trinajstić information content (AvgIpc) is 2.96. The van der Waals surface area contributed by atoms with Crippen molar-refractivity contribution in [2.45, 2.75) is 6.54 Å². The summed E-state index contributed by atoms with van der Waals surface area (Å²) in [7, 11) is 1.54. The van der Waals surface area contributed by atoms with Gasteiger partial charge in [-0.25, -0.2) is 4.98 Å². The molecular formula is C15H13N3O2S. The van der Waals surface area contributed by atoms with E-state index in [1.54, 1.807) is 0 Å². The number of hydrogen-bond donors (Lipinski definition) is 1. The maximum Gasteiger partial charge on any atom is 0.271 e. The molecule has 0 fully saturated rings. The van der Waals surface area contributed by atoms with E-state index in [0.717, 1.165) is 10.4 Å². The summed E-state index contributed by atoms with van der Waals surface area (Å²) < 4.78 is 1.90. The Hall–Kier alpha value is -2.47. The fourth-order valence-electron chi connectivity index (χ4n) is 2.04. The van der Waals surface area contributed by atoms with Gasteiger partial charge in [-0.2, -0.15) is 0 Å². The second kappa shape index (κ2) is 5.49. The Morgan fingerprint density at radius 3 is 2.81 bits per heavy atom. The zero-order valence-electron chi connectivity index (χ0n) is 11.4. The molecule has 2 heterocycles. The summed E-state index contributed by atoms with van der Waals surface area (Å²) >= 11 is 1.40. The number of aromatic nitrogens is 2. The molecule has 0 atom stereocenters. The van der Waals surface area contributed by atoms with E-state index in [1.807, 2.05) is 36.4 Å². The molecule has 5 nitrogen and oxygen atoms in total. The van der Waals surface area contributed by atoms with Crippen molar-refractivity contribution in [3.63, 3.8) is 0 Å². The molecule has 0 aliphatic carbocycles. The van der Waals surface area contributed by atoms with Gasteiger partial charge in [-0.3, -0.25) is 14.2 Å². The minimum atomic E-state index is -0.224. The lowest BCUT2D eigenvalue weighted by Gasteiger charge is -2.02. The van der Waals surface area contributed by atoms with Gasteiger partial charge >= 0.3 is 0 Å². The summed E-state index contributed by atoms with van der Waals surface area (Å²) in [5.74, 6) is -0.224. The highest BCUT2D eigenvalue weighted by molar-refractivity contribution is 7.22. The first-order valence-electron chi connectivity index (χ1n) is 6.44. The van der Waals surface area contributed by atoms with Crippen molar-refractivity contribution in [3.05, 3.63) is 53.1 Å². The highest BCUT2D eigenvalue weighted by atomic mass is 32.1. The number of nitrogens with zero attached hydrogens (tertiary/aromatic N) is 2. The van der Waals surface area contributed by atoms with Gasteiger partial charge in [-0.05, 0) is 11.6 Å². The smallest absolute Gasteiger partial charge is 0.271 e. The number of likely N-dealkylation sites (N-methyl/N-ethyl adjacent to an activating group) is 1. The van der Waals surface area contributed by atoms with E-state index in [4.69, 9.17) is 0 Å². The average molecular weight is 299 g/mol. The van der Waals surface area contributed by atoms with Crippen molar-refractivity contribution in [2.75, 3.05) is 7.05 Å². The van der Waals surface area contributed by atoms with Crippen molar-refractivity contribution in [1.82, 2.24) is 14.9 Å². The van der Waals surface area contributed by atoms with Crippen molar-refractivity contribution in [3.8, 4) is 10.4 Å². The number of nitrogens with one attached hydrogen (secondary N) is 1. The van der Waals surface area contributed by atoms with Crippen LogP contribution >= 0.6 is 11.3 Å². The van der Waals surface area contributed by atoms with Crippen LogP contribution in [-0.2, 0) is 11.3 Å². The van der Waals surface area contributed by atoms with Crippen molar-refractivity contribution < 1.29 is 4.79 Å². The maximum atomic E-state index is 12.4. The van der Waals surface area contributed by atoms with Gasteiger partial charge in [0.1, 0.15) is 11.2 Å². The molecule has 2 aromatic heterocycles. The van der Waals surface area contributed by atoms with Crippen molar-refractivity contribution >= 4 is 27.5 Å². The monoisotopic (exact) mass is 299 g/mol. The fourth-order valence-corrected chi connectivity index (χ4v) is 3.10. The number of benzene rings is 1. The van der Waals surface area contributed by atoms with Crippen LogP contribution in [0.2, 0.25) is 0 Å². The Morgan fingerprint density at radius 2 is 2.10 bits per heavy atom. The Bertz CT molecular complexity index is 852. The van der Waals surface area contributed by atoms with Crippen LogP contribution in [0.5, 0.6) is 0 Å². The van der Waals surface area contributed by atoms with Crippen LogP contribution in [0.1, 0.15) is 0 Å². The number of carbonyl (C=O) groups is 1. The van der Waals surface area contributed by atoms with E-state index >= 15 is 0 Å². The van der Waals surface area contributed by atoms with E-state index in [1.165, 1.54) is 29.3 Å². The zero-order valence-corrected chi connectivity index (χ0v) is 12.2. The predicted octanol–water partition coefficient (Wildman–Crippen LogP) is 1.87. The first kappa shape index (κ1) is 13.5. The van der Waals surface area contributed by atoms with Gasteiger partial charge in [0.2, 0.25) is 5.91 Å². The van der Waals surface area contributed by atoms with Crippen LogP contribution in [0.25, 0.3) is 20.7 Å². The van der Waals surface area contributed by atoms with E-state index in [9.17, 15) is 9.59 Å². The summed E-state index contributed by atoms with van der Waals surface area (Å²) in [4.78, 5) is 29.0. The molecule has 6 heteroatoms. The lowest BCUT2D eigenvalue weighted by atomic mass is 10.2. The standard InChI is InChI=1S/C15H13N3O2S/c1-16-13(19)8-18-9-17-11-7-12(21-14(11)15(18)20)10-5-3-2-4-6-10/h2-7,9H,8H2,1H3,(H,16,19). The molecule has 21 heavy (non-hydrogen) atoms. The molecule has 3 aromatic rings. The van der Waals surface area contributed by atoms with Gasteiger partial charge in [0.05, 0.1) is 11.8 Å². The zero-order chi connectivity index (χ0) is 14.8. The first-order valence-corrected chi connectivity index (χ1v) is 7.25. The van der Waals surface area contributed by atoms with Crippen LogP contribution < -0.4 is 10.9 Å². The van der Waals surface area contributed by atoms with Crippen LogP contribution in [0.15, 0.2) is 47.5 Å².